The summed E-state index contributed by atoms with van der Waals surface area (Å²) in [5.74, 6) is -0.721. The first kappa shape index (κ1) is 17.7. The summed E-state index contributed by atoms with van der Waals surface area (Å²) in [6.07, 6.45) is 1.09. The van der Waals surface area contributed by atoms with Crippen LogP contribution in [0.5, 0.6) is 0 Å². The minimum atomic E-state index is -0.821. The van der Waals surface area contributed by atoms with Crippen molar-refractivity contribution in [1.29, 1.82) is 0 Å². The van der Waals surface area contributed by atoms with E-state index in [4.69, 9.17) is 4.74 Å². The molecule has 1 aromatic heterocycles. The number of rotatable bonds is 3. The second-order valence-electron chi connectivity index (χ2n) is 7.41. The van der Waals surface area contributed by atoms with Crippen molar-refractivity contribution < 1.29 is 14.3 Å². The Morgan fingerprint density at radius 3 is 2.56 bits per heavy atom. The molecule has 5 heteroatoms. The number of thiophene rings is 1. The molecule has 0 saturated heterocycles. The second-order valence-corrected chi connectivity index (χ2v) is 8.46. The van der Waals surface area contributed by atoms with Crippen molar-refractivity contribution in [2.75, 3.05) is 0 Å². The number of carbonyl (C=O) groups excluding carboxylic acids is 2. The summed E-state index contributed by atoms with van der Waals surface area (Å²) >= 11 is 1.45. The molecule has 132 valence electrons. The van der Waals surface area contributed by atoms with Crippen LogP contribution < -0.4 is 5.32 Å². The molecule has 0 fully saturated rings. The van der Waals surface area contributed by atoms with Crippen LogP contribution in [0.15, 0.2) is 30.3 Å². The maximum absolute atomic E-state index is 12.5. The summed E-state index contributed by atoms with van der Waals surface area (Å²) < 4.78 is 5.37. The zero-order valence-corrected chi connectivity index (χ0v) is 15.8. The van der Waals surface area contributed by atoms with Gasteiger partial charge in [0.1, 0.15) is 4.88 Å². The minimum absolute atomic E-state index is 0.285. The van der Waals surface area contributed by atoms with Crippen LogP contribution in [0.3, 0.4) is 0 Å². The quantitative estimate of drug-likeness (QED) is 0.846. The maximum Gasteiger partial charge on any atom is 0.349 e. The van der Waals surface area contributed by atoms with E-state index in [2.05, 4.69) is 17.4 Å². The Morgan fingerprint density at radius 1 is 1.16 bits per heavy atom. The number of hydrogen-bond donors (Lipinski definition) is 1. The zero-order valence-electron chi connectivity index (χ0n) is 15.0. The van der Waals surface area contributed by atoms with Gasteiger partial charge in [-0.1, -0.05) is 24.3 Å². The lowest BCUT2D eigenvalue weighted by Crippen LogP contribution is -2.46. The molecule has 2 aromatic rings. The van der Waals surface area contributed by atoms with Gasteiger partial charge in [-0.3, -0.25) is 4.79 Å². The Hall–Kier alpha value is -2.14. The van der Waals surface area contributed by atoms with Gasteiger partial charge in [0, 0.05) is 10.4 Å². The highest BCUT2D eigenvalue weighted by molar-refractivity contribution is 7.17. The van der Waals surface area contributed by atoms with E-state index in [1.54, 1.807) is 6.92 Å². The van der Waals surface area contributed by atoms with Gasteiger partial charge < -0.3 is 10.1 Å². The monoisotopic (exact) mass is 357 g/mol. The third-order valence-corrected chi connectivity index (χ3v) is 5.28. The van der Waals surface area contributed by atoms with E-state index in [0.29, 0.717) is 4.88 Å². The summed E-state index contributed by atoms with van der Waals surface area (Å²) in [7, 11) is 0. The minimum Gasteiger partial charge on any atom is -0.448 e. The average molecular weight is 357 g/mol. The van der Waals surface area contributed by atoms with Crippen LogP contribution in [0.25, 0.3) is 10.4 Å². The summed E-state index contributed by atoms with van der Waals surface area (Å²) in [4.78, 5) is 26.3. The molecule has 1 atom stereocenters. The molecule has 4 nitrogen and oxygen atoms in total. The van der Waals surface area contributed by atoms with E-state index < -0.39 is 12.1 Å². The van der Waals surface area contributed by atoms with Crippen molar-refractivity contribution >= 4 is 23.2 Å². The number of esters is 1. The Morgan fingerprint density at radius 2 is 1.84 bits per heavy atom. The fourth-order valence-corrected chi connectivity index (χ4v) is 4.07. The number of hydrogen-bond acceptors (Lipinski definition) is 4. The molecular weight excluding hydrogens is 334 g/mol. The number of amides is 1. The third-order valence-electron chi connectivity index (χ3n) is 4.09. The van der Waals surface area contributed by atoms with Crippen LogP contribution in [-0.2, 0) is 22.4 Å². The van der Waals surface area contributed by atoms with Gasteiger partial charge in [-0.25, -0.2) is 4.79 Å². The second kappa shape index (κ2) is 6.64. The van der Waals surface area contributed by atoms with E-state index >= 15 is 0 Å². The molecule has 3 rings (SSSR count). The lowest BCUT2D eigenvalue weighted by molar-refractivity contribution is -0.130. The molecule has 1 N–H and O–H groups in total. The normalized spacial score (nSPS) is 14.2. The Bertz CT molecular complexity index is 817. The van der Waals surface area contributed by atoms with E-state index in [1.165, 1.54) is 28.0 Å². The van der Waals surface area contributed by atoms with Crippen molar-refractivity contribution in [3.63, 3.8) is 0 Å². The summed E-state index contributed by atoms with van der Waals surface area (Å²) in [6.45, 7) is 7.28. The lowest BCUT2D eigenvalue weighted by atomic mass is 9.91. The molecule has 0 aliphatic heterocycles. The zero-order chi connectivity index (χ0) is 18.2. The predicted molar refractivity (Wildman–Crippen MR) is 99.9 cm³/mol. The maximum atomic E-state index is 12.5. The SMILES string of the molecule is C[C@@H](OC(=O)c1cc2c(s1)-c1ccccc1CC2)C(=O)NC(C)(C)C. The van der Waals surface area contributed by atoms with Gasteiger partial charge in [0.05, 0.1) is 0 Å². The smallest absolute Gasteiger partial charge is 0.349 e. The van der Waals surface area contributed by atoms with Crippen LogP contribution in [-0.4, -0.2) is 23.5 Å². The van der Waals surface area contributed by atoms with Crippen molar-refractivity contribution in [3.05, 3.63) is 46.3 Å². The van der Waals surface area contributed by atoms with Gasteiger partial charge in [0.15, 0.2) is 6.10 Å². The molecule has 0 unspecified atom stereocenters. The van der Waals surface area contributed by atoms with Gasteiger partial charge in [0.25, 0.3) is 5.91 Å². The van der Waals surface area contributed by atoms with Crippen molar-refractivity contribution in [3.8, 4) is 10.4 Å². The Labute approximate surface area is 152 Å². The van der Waals surface area contributed by atoms with E-state index in [1.807, 2.05) is 39.0 Å². The van der Waals surface area contributed by atoms with Crippen LogP contribution in [0, 0.1) is 0 Å². The summed E-state index contributed by atoms with van der Waals surface area (Å²) in [6, 6.07) is 10.2. The van der Waals surface area contributed by atoms with Crippen LogP contribution in [0.1, 0.15) is 48.5 Å². The molecule has 1 heterocycles. The molecule has 1 aliphatic carbocycles. The standard InChI is InChI=1S/C20H23NO3S/c1-12(18(22)21-20(2,3)4)24-19(23)16-11-14-10-9-13-7-5-6-8-15(13)17(14)25-16/h5-8,11-12H,9-10H2,1-4H3,(H,21,22)/t12-/m1/s1. The topological polar surface area (TPSA) is 55.4 Å². The fraction of sp³-hybridized carbons (Fsp3) is 0.400. The van der Waals surface area contributed by atoms with E-state index in [0.717, 1.165) is 17.7 Å². The molecule has 0 bridgehead atoms. The highest BCUT2D eigenvalue weighted by Gasteiger charge is 2.26. The lowest BCUT2D eigenvalue weighted by Gasteiger charge is -2.23. The molecule has 0 spiro atoms. The number of aryl methyl sites for hydroxylation is 2. The van der Waals surface area contributed by atoms with Crippen LogP contribution >= 0.6 is 11.3 Å². The number of ether oxygens (including phenoxy) is 1. The first-order valence-electron chi connectivity index (χ1n) is 8.48. The largest absolute Gasteiger partial charge is 0.448 e. The highest BCUT2D eigenvalue weighted by Crippen LogP contribution is 2.39. The Balaban J connectivity index is 1.75. The summed E-state index contributed by atoms with van der Waals surface area (Å²) in [5.41, 5.74) is 3.34. The molecule has 25 heavy (non-hydrogen) atoms. The number of carbonyl (C=O) groups is 2. The van der Waals surface area contributed by atoms with Crippen LogP contribution in [0.4, 0.5) is 0 Å². The first-order valence-corrected chi connectivity index (χ1v) is 9.30. The molecule has 0 saturated carbocycles. The molecular formula is C20H23NO3S. The van der Waals surface area contributed by atoms with Crippen molar-refractivity contribution in [2.45, 2.75) is 52.2 Å². The van der Waals surface area contributed by atoms with E-state index in [9.17, 15) is 9.59 Å². The summed E-state index contributed by atoms with van der Waals surface area (Å²) in [5, 5.41) is 2.82. The van der Waals surface area contributed by atoms with Crippen molar-refractivity contribution in [2.24, 2.45) is 0 Å². The van der Waals surface area contributed by atoms with E-state index in [-0.39, 0.29) is 11.4 Å². The number of fused-ring (bicyclic) bond motifs is 3. The third kappa shape index (κ3) is 3.93. The fourth-order valence-electron chi connectivity index (χ4n) is 2.92. The predicted octanol–water partition coefficient (Wildman–Crippen LogP) is 3.97. The number of nitrogens with one attached hydrogen (secondary N) is 1. The molecule has 1 aromatic carbocycles. The highest BCUT2D eigenvalue weighted by atomic mass is 32.1. The van der Waals surface area contributed by atoms with Crippen LogP contribution in [0.2, 0.25) is 0 Å². The van der Waals surface area contributed by atoms with Gasteiger partial charge in [-0.05, 0) is 63.3 Å². The van der Waals surface area contributed by atoms with Gasteiger partial charge in [-0.15, -0.1) is 11.3 Å². The number of benzene rings is 1. The molecule has 0 radical (unpaired) electrons. The molecule has 1 aliphatic rings. The van der Waals surface area contributed by atoms with Crippen molar-refractivity contribution in [1.82, 2.24) is 5.32 Å². The van der Waals surface area contributed by atoms with Gasteiger partial charge >= 0.3 is 5.97 Å². The average Bonchev–Trinajstić information content (AvgIpc) is 2.98. The van der Waals surface area contributed by atoms with Gasteiger partial charge in [0.2, 0.25) is 0 Å². The van der Waals surface area contributed by atoms with Gasteiger partial charge in [-0.2, -0.15) is 0 Å². The Kier molecular flexibility index (Phi) is 4.69. The first-order chi connectivity index (χ1) is 11.7. The molecule has 1 amide bonds.